The molecule has 0 fully saturated rings. The largest absolute Gasteiger partial charge is 0.455 e. The van der Waals surface area contributed by atoms with Gasteiger partial charge in [0.05, 0.1) is 5.39 Å². The Morgan fingerprint density at radius 2 is 1.71 bits per heavy atom. The van der Waals surface area contributed by atoms with Gasteiger partial charge in [-0.1, -0.05) is 25.5 Å². The lowest BCUT2D eigenvalue weighted by Gasteiger charge is -2.13. The fourth-order valence-electron chi connectivity index (χ4n) is 3.72. The molecular weight excluding hydrogens is 396 g/mol. The van der Waals surface area contributed by atoms with Crippen molar-refractivity contribution in [3.05, 3.63) is 91.1 Å². The Morgan fingerprint density at radius 3 is 2.45 bits per heavy atom. The minimum atomic E-state index is -0.780. The van der Waals surface area contributed by atoms with Gasteiger partial charge >= 0.3 is 11.6 Å². The van der Waals surface area contributed by atoms with Gasteiger partial charge in [-0.2, -0.15) is 0 Å². The summed E-state index contributed by atoms with van der Waals surface area (Å²) in [7, 11) is 0. The van der Waals surface area contributed by atoms with Crippen LogP contribution in [0, 0.1) is 13.8 Å². The van der Waals surface area contributed by atoms with Crippen LogP contribution in [0.3, 0.4) is 0 Å². The van der Waals surface area contributed by atoms with Crippen molar-refractivity contribution in [1.82, 2.24) is 0 Å². The third-order valence-corrected chi connectivity index (χ3v) is 5.28. The Labute approximate surface area is 178 Å². The Morgan fingerprint density at radius 1 is 0.935 bits per heavy atom. The molecule has 158 valence electrons. The van der Waals surface area contributed by atoms with Gasteiger partial charge in [0.1, 0.15) is 17.8 Å². The first kappa shape index (κ1) is 20.6. The molecule has 0 saturated heterocycles. The van der Waals surface area contributed by atoms with Gasteiger partial charge < -0.3 is 13.6 Å². The van der Waals surface area contributed by atoms with Crippen LogP contribution in [-0.2, 0) is 11.3 Å². The minimum Gasteiger partial charge on any atom is -0.455 e. The van der Waals surface area contributed by atoms with E-state index in [1.807, 2.05) is 26.0 Å². The monoisotopic (exact) mass is 418 g/mol. The van der Waals surface area contributed by atoms with Crippen molar-refractivity contribution in [2.24, 2.45) is 0 Å². The van der Waals surface area contributed by atoms with E-state index in [9.17, 15) is 14.4 Å². The molecule has 4 rings (SSSR count). The summed E-state index contributed by atoms with van der Waals surface area (Å²) in [5.41, 5.74) is 3.49. The topological polar surface area (TPSA) is 86.7 Å². The molecule has 4 aromatic rings. The Hall–Kier alpha value is -3.67. The third-order valence-electron chi connectivity index (χ3n) is 5.28. The molecular formula is C25H22O6. The number of carbonyl (C=O) groups excluding carboxylic acids is 1. The van der Waals surface area contributed by atoms with Crippen molar-refractivity contribution in [1.29, 1.82) is 0 Å². The van der Waals surface area contributed by atoms with E-state index in [1.54, 1.807) is 18.2 Å². The van der Waals surface area contributed by atoms with Crippen LogP contribution in [0.15, 0.2) is 60.9 Å². The van der Waals surface area contributed by atoms with Crippen molar-refractivity contribution < 1.29 is 18.4 Å². The summed E-state index contributed by atoms with van der Waals surface area (Å²) in [6.45, 7) is 7.84. The van der Waals surface area contributed by atoms with Gasteiger partial charge in [-0.05, 0) is 55.2 Å². The van der Waals surface area contributed by atoms with Crippen molar-refractivity contribution in [3.63, 3.8) is 0 Å². The maximum absolute atomic E-state index is 12.6. The van der Waals surface area contributed by atoms with Crippen LogP contribution in [-0.4, -0.2) is 5.97 Å². The van der Waals surface area contributed by atoms with Gasteiger partial charge in [0, 0.05) is 23.1 Å². The van der Waals surface area contributed by atoms with Crippen LogP contribution in [0.1, 0.15) is 52.6 Å². The maximum Gasteiger partial charge on any atom is 0.374 e. The molecule has 0 aliphatic heterocycles. The number of esters is 1. The summed E-state index contributed by atoms with van der Waals surface area (Å²) in [6, 6.07) is 11.4. The molecule has 0 atom stereocenters. The Balaban J connectivity index is 1.67. The lowest BCUT2D eigenvalue weighted by molar-refractivity contribution is 0.0438. The van der Waals surface area contributed by atoms with Crippen LogP contribution < -0.4 is 11.1 Å². The first-order valence-corrected chi connectivity index (χ1v) is 10.0. The van der Waals surface area contributed by atoms with E-state index in [0.29, 0.717) is 27.5 Å². The van der Waals surface area contributed by atoms with Crippen LogP contribution >= 0.6 is 0 Å². The van der Waals surface area contributed by atoms with Crippen LogP contribution in [0.5, 0.6) is 0 Å². The van der Waals surface area contributed by atoms with E-state index in [0.717, 1.165) is 22.8 Å². The molecule has 0 amide bonds. The molecule has 2 aromatic carbocycles. The fourth-order valence-corrected chi connectivity index (χ4v) is 3.72. The molecule has 0 spiro atoms. The Bertz CT molecular complexity index is 1440. The van der Waals surface area contributed by atoms with Crippen molar-refractivity contribution in [3.8, 4) is 0 Å². The number of aryl methyl sites for hydroxylation is 2. The van der Waals surface area contributed by atoms with Gasteiger partial charge in [-0.25, -0.2) is 9.59 Å². The van der Waals surface area contributed by atoms with Crippen LogP contribution in [0.25, 0.3) is 21.9 Å². The van der Waals surface area contributed by atoms with Gasteiger partial charge in [-0.15, -0.1) is 0 Å². The minimum absolute atomic E-state index is 0.156. The average molecular weight is 418 g/mol. The molecule has 6 heteroatoms. The summed E-state index contributed by atoms with van der Waals surface area (Å²) >= 11 is 0. The van der Waals surface area contributed by atoms with Crippen LogP contribution in [0.2, 0.25) is 0 Å². The van der Waals surface area contributed by atoms with E-state index in [-0.39, 0.29) is 23.7 Å². The molecule has 0 aliphatic carbocycles. The predicted octanol–water partition coefficient (Wildman–Crippen LogP) is 5.00. The second-order valence-corrected chi connectivity index (χ2v) is 8.00. The van der Waals surface area contributed by atoms with Crippen molar-refractivity contribution >= 4 is 27.9 Å². The second-order valence-electron chi connectivity index (χ2n) is 8.00. The Kier molecular flexibility index (Phi) is 5.23. The van der Waals surface area contributed by atoms with E-state index >= 15 is 0 Å². The number of hydrogen-bond acceptors (Lipinski definition) is 6. The number of ether oxygens (including phenoxy) is 1. The fraction of sp³-hybridized carbons (Fsp3) is 0.240. The number of rotatable bonds is 4. The first-order chi connectivity index (χ1) is 14.7. The maximum atomic E-state index is 12.6. The lowest BCUT2D eigenvalue weighted by atomic mass is 9.95. The molecule has 31 heavy (non-hydrogen) atoms. The number of benzene rings is 2. The highest BCUT2D eigenvalue weighted by Crippen LogP contribution is 2.27. The number of carbonyl (C=O) groups is 1. The quantitative estimate of drug-likeness (QED) is 0.343. The zero-order valence-electron chi connectivity index (χ0n) is 17.8. The summed E-state index contributed by atoms with van der Waals surface area (Å²) < 4.78 is 16.3. The molecule has 0 radical (unpaired) electrons. The van der Waals surface area contributed by atoms with Gasteiger partial charge in [0.2, 0.25) is 5.76 Å². The van der Waals surface area contributed by atoms with E-state index < -0.39 is 11.6 Å². The zero-order valence-corrected chi connectivity index (χ0v) is 17.8. The molecule has 0 saturated carbocycles. The third kappa shape index (κ3) is 4.01. The highest BCUT2D eigenvalue weighted by atomic mass is 16.5. The normalized spacial score (nSPS) is 11.4. The number of hydrogen-bond donors (Lipinski definition) is 0. The zero-order chi connectivity index (χ0) is 22.3. The van der Waals surface area contributed by atoms with Gasteiger partial charge in [0.15, 0.2) is 5.43 Å². The van der Waals surface area contributed by atoms with Crippen molar-refractivity contribution in [2.45, 2.75) is 40.2 Å². The molecule has 2 heterocycles. The SMILES string of the molecule is Cc1ccc2oc(C(=O)OCc3cc(=O)oc4cc(C)c(C(C)C)cc34)cc(=O)c2c1. The first-order valence-electron chi connectivity index (χ1n) is 10.0. The highest BCUT2D eigenvalue weighted by molar-refractivity contribution is 5.89. The van der Waals surface area contributed by atoms with Gasteiger partial charge in [-0.3, -0.25) is 4.79 Å². The lowest BCUT2D eigenvalue weighted by Crippen LogP contribution is -2.11. The van der Waals surface area contributed by atoms with Crippen molar-refractivity contribution in [2.75, 3.05) is 0 Å². The summed E-state index contributed by atoms with van der Waals surface area (Å²) in [5, 5.41) is 1.11. The summed E-state index contributed by atoms with van der Waals surface area (Å²) in [4.78, 5) is 36.9. The summed E-state index contributed by atoms with van der Waals surface area (Å²) in [6.07, 6.45) is 0. The highest BCUT2D eigenvalue weighted by Gasteiger charge is 2.16. The smallest absolute Gasteiger partial charge is 0.374 e. The predicted molar refractivity (Wildman–Crippen MR) is 118 cm³/mol. The van der Waals surface area contributed by atoms with E-state index in [4.69, 9.17) is 13.6 Å². The molecule has 0 aliphatic rings. The molecule has 0 N–H and O–H groups in total. The average Bonchev–Trinajstić information content (AvgIpc) is 2.71. The second kappa shape index (κ2) is 7.87. The van der Waals surface area contributed by atoms with E-state index in [1.165, 1.54) is 6.07 Å². The molecule has 0 bridgehead atoms. The number of fused-ring (bicyclic) bond motifs is 2. The van der Waals surface area contributed by atoms with Gasteiger partial charge in [0.25, 0.3) is 0 Å². The molecule has 2 aromatic heterocycles. The standard InChI is InChI=1S/C25H22O6/c1-13(2)17-10-18-16(9-24(27)31-22(18)8-15(17)4)12-29-25(28)23-11-20(26)19-7-14(3)5-6-21(19)30-23/h5-11,13H,12H2,1-4H3. The summed E-state index contributed by atoms with van der Waals surface area (Å²) in [5.74, 6) is -0.688. The molecule has 6 nitrogen and oxygen atoms in total. The van der Waals surface area contributed by atoms with Crippen LogP contribution in [0.4, 0.5) is 0 Å². The molecule has 0 unspecified atom stereocenters. The van der Waals surface area contributed by atoms with E-state index in [2.05, 4.69) is 13.8 Å².